The van der Waals surface area contributed by atoms with Gasteiger partial charge in [-0.2, -0.15) is 0 Å². The molecule has 3 aromatic rings. The molecule has 6 nitrogen and oxygen atoms in total. The zero-order valence-corrected chi connectivity index (χ0v) is 16.2. The van der Waals surface area contributed by atoms with Crippen LogP contribution >= 0.6 is 0 Å². The summed E-state index contributed by atoms with van der Waals surface area (Å²) >= 11 is 0. The SMILES string of the molecule is Cc1nc2cccc(NS(=O)(=O)c3ccc(OC4CCCC4)cc3C)c2o1. The number of rotatable bonds is 5. The first-order valence-electron chi connectivity index (χ1n) is 9.09. The average molecular weight is 386 g/mol. The summed E-state index contributed by atoms with van der Waals surface area (Å²) in [4.78, 5) is 4.45. The second-order valence-corrected chi connectivity index (χ2v) is 8.59. The highest BCUT2D eigenvalue weighted by Gasteiger charge is 2.21. The van der Waals surface area contributed by atoms with Gasteiger partial charge in [0.25, 0.3) is 10.0 Å². The number of anilines is 1. The van der Waals surface area contributed by atoms with E-state index in [-0.39, 0.29) is 11.0 Å². The molecule has 1 aliphatic carbocycles. The predicted molar refractivity (Wildman–Crippen MR) is 104 cm³/mol. The van der Waals surface area contributed by atoms with E-state index in [2.05, 4.69) is 9.71 Å². The van der Waals surface area contributed by atoms with Crippen molar-refractivity contribution in [3.63, 3.8) is 0 Å². The van der Waals surface area contributed by atoms with Gasteiger partial charge in [0.2, 0.25) is 0 Å². The van der Waals surface area contributed by atoms with E-state index in [1.165, 1.54) is 12.8 Å². The molecule has 142 valence electrons. The molecule has 1 aromatic heterocycles. The lowest BCUT2D eigenvalue weighted by Gasteiger charge is -2.15. The lowest BCUT2D eigenvalue weighted by atomic mass is 10.2. The van der Waals surface area contributed by atoms with Gasteiger partial charge in [-0.3, -0.25) is 4.72 Å². The second-order valence-electron chi connectivity index (χ2n) is 6.94. The molecule has 7 heteroatoms. The smallest absolute Gasteiger partial charge is 0.262 e. The van der Waals surface area contributed by atoms with Crippen LogP contribution in [0, 0.1) is 13.8 Å². The Hall–Kier alpha value is -2.54. The van der Waals surface area contributed by atoms with Gasteiger partial charge in [0, 0.05) is 6.92 Å². The Kier molecular flexibility index (Phi) is 4.55. The lowest BCUT2D eigenvalue weighted by molar-refractivity contribution is 0.210. The van der Waals surface area contributed by atoms with Gasteiger partial charge < -0.3 is 9.15 Å². The number of benzene rings is 2. The molecule has 0 atom stereocenters. The number of aromatic nitrogens is 1. The molecule has 0 saturated heterocycles. The first kappa shape index (κ1) is 17.9. The zero-order chi connectivity index (χ0) is 19.0. The lowest BCUT2D eigenvalue weighted by Crippen LogP contribution is -2.15. The minimum absolute atomic E-state index is 0.217. The number of ether oxygens (including phenoxy) is 1. The number of fused-ring (bicyclic) bond motifs is 1. The maximum absolute atomic E-state index is 12.9. The first-order chi connectivity index (χ1) is 12.9. The van der Waals surface area contributed by atoms with E-state index in [1.54, 1.807) is 50.2 Å². The highest BCUT2D eigenvalue weighted by Crippen LogP contribution is 2.30. The maximum atomic E-state index is 12.9. The van der Waals surface area contributed by atoms with Crippen LogP contribution in [0.2, 0.25) is 0 Å². The van der Waals surface area contributed by atoms with E-state index < -0.39 is 10.0 Å². The zero-order valence-electron chi connectivity index (χ0n) is 15.4. The maximum Gasteiger partial charge on any atom is 0.262 e. The summed E-state index contributed by atoms with van der Waals surface area (Å²) in [6, 6.07) is 10.3. The Morgan fingerprint density at radius 2 is 1.93 bits per heavy atom. The van der Waals surface area contributed by atoms with Crippen LogP contribution < -0.4 is 9.46 Å². The van der Waals surface area contributed by atoms with E-state index in [0.29, 0.717) is 34.0 Å². The molecule has 2 aromatic carbocycles. The third-order valence-electron chi connectivity index (χ3n) is 4.81. The van der Waals surface area contributed by atoms with Gasteiger partial charge in [0.15, 0.2) is 11.5 Å². The number of oxazole rings is 1. The molecule has 0 amide bonds. The number of hydrogen-bond acceptors (Lipinski definition) is 5. The molecule has 0 spiro atoms. The molecule has 1 saturated carbocycles. The quantitative estimate of drug-likeness (QED) is 0.695. The Balaban J connectivity index is 1.61. The van der Waals surface area contributed by atoms with E-state index in [4.69, 9.17) is 9.15 Å². The standard InChI is InChI=1S/C20H22N2O4S/c1-13-12-16(26-15-6-3-4-7-15)10-11-19(13)27(23,24)22-18-9-5-8-17-20(18)25-14(2)21-17/h5,8-12,15,22H,3-4,6-7H2,1-2H3. The Morgan fingerprint density at radius 3 is 2.67 bits per heavy atom. The summed E-state index contributed by atoms with van der Waals surface area (Å²) in [6.45, 7) is 3.50. The second kappa shape index (κ2) is 6.88. The van der Waals surface area contributed by atoms with Crippen molar-refractivity contribution in [3.05, 3.63) is 47.9 Å². The summed E-state index contributed by atoms with van der Waals surface area (Å²) in [5.74, 6) is 1.20. The highest BCUT2D eigenvalue weighted by molar-refractivity contribution is 7.92. The normalized spacial score (nSPS) is 15.3. The van der Waals surface area contributed by atoms with Gasteiger partial charge in [-0.1, -0.05) is 6.07 Å². The van der Waals surface area contributed by atoms with Crippen molar-refractivity contribution in [2.75, 3.05) is 4.72 Å². The molecule has 1 N–H and O–H groups in total. The van der Waals surface area contributed by atoms with E-state index >= 15 is 0 Å². The molecular formula is C20H22N2O4S. The van der Waals surface area contributed by atoms with Crippen LogP contribution in [0.3, 0.4) is 0 Å². The van der Waals surface area contributed by atoms with Crippen LogP contribution in [-0.2, 0) is 10.0 Å². The highest BCUT2D eigenvalue weighted by atomic mass is 32.2. The topological polar surface area (TPSA) is 81.4 Å². The van der Waals surface area contributed by atoms with Crippen molar-refractivity contribution in [1.29, 1.82) is 0 Å². The van der Waals surface area contributed by atoms with Crippen molar-refractivity contribution in [2.45, 2.75) is 50.5 Å². The Morgan fingerprint density at radius 1 is 1.15 bits per heavy atom. The fourth-order valence-electron chi connectivity index (χ4n) is 3.54. The molecule has 4 rings (SSSR count). The molecule has 0 bridgehead atoms. The van der Waals surface area contributed by atoms with Crippen molar-refractivity contribution >= 4 is 26.8 Å². The molecule has 1 heterocycles. The van der Waals surface area contributed by atoms with E-state index in [0.717, 1.165) is 12.8 Å². The molecule has 0 unspecified atom stereocenters. The minimum Gasteiger partial charge on any atom is -0.490 e. The summed E-state index contributed by atoms with van der Waals surface area (Å²) in [5, 5.41) is 0. The fourth-order valence-corrected chi connectivity index (χ4v) is 4.83. The van der Waals surface area contributed by atoms with Gasteiger partial charge in [-0.25, -0.2) is 13.4 Å². The summed E-state index contributed by atoms with van der Waals surface area (Å²) in [5.41, 5.74) is 2.06. The molecule has 27 heavy (non-hydrogen) atoms. The number of nitrogens with one attached hydrogen (secondary N) is 1. The monoisotopic (exact) mass is 386 g/mol. The predicted octanol–water partition coefficient (Wildman–Crippen LogP) is 4.57. The van der Waals surface area contributed by atoms with Gasteiger partial charge in [0.1, 0.15) is 11.3 Å². The van der Waals surface area contributed by atoms with Gasteiger partial charge in [-0.15, -0.1) is 0 Å². The first-order valence-corrected chi connectivity index (χ1v) is 10.6. The Bertz CT molecular complexity index is 1080. The van der Waals surface area contributed by atoms with Crippen molar-refractivity contribution < 1.29 is 17.6 Å². The fraction of sp³-hybridized carbons (Fsp3) is 0.350. The Labute approximate surface area is 158 Å². The number of para-hydroxylation sites is 1. The average Bonchev–Trinajstić information content (AvgIpc) is 3.23. The molecule has 1 aliphatic rings. The number of sulfonamides is 1. The molecule has 1 fully saturated rings. The van der Waals surface area contributed by atoms with Crippen molar-refractivity contribution in [2.24, 2.45) is 0 Å². The van der Waals surface area contributed by atoms with Crippen molar-refractivity contribution in [3.8, 4) is 5.75 Å². The number of hydrogen-bond donors (Lipinski definition) is 1. The van der Waals surface area contributed by atoms with Gasteiger partial charge >= 0.3 is 0 Å². The van der Waals surface area contributed by atoms with Crippen LogP contribution in [0.5, 0.6) is 5.75 Å². The summed E-state index contributed by atoms with van der Waals surface area (Å²) in [6.07, 6.45) is 4.72. The van der Waals surface area contributed by atoms with Crippen LogP contribution in [0.4, 0.5) is 5.69 Å². The van der Waals surface area contributed by atoms with Crippen LogP contribution in [0.25, 0.3) is 11.1 Å². The van der Waals surface area contributed by atoms with Gasteiger partial charge in [-0.05, 0) is 68.5 Å². The number of nitrogens with zero attached hydrogens (tertiary/aromatic N) is 1. The van der Waals surface area contributed by atoms with Crippen LogP contribution in [-0.4, -0.2) is 19.5 Å². The van der Waals surface area contributed by atoms with E-state index in [9.17, 15) is 8.42 Å². The van der Waals surface area contributed by atoms with Crippen LogP contribution in [0.1, 0.15) is 37.1 Å². The third kappa shape index (κ3) is 3.64. The third-order valence-corrected chi connectivity index (χ3v) is 6.33. The largest absolute Gasteiger partial charge is 0.490 e. The molecule has 0 aliphatic heterocycles. The van der Waals surface area contributed by atoms with Gasteiger partial charge in [0.05, 0.1) is 16.7 Å². The molecular weight excluding hydrogens is 364 g/mol. The molecule has 0 radical (unpaired) electrons. The summed E-state index contributed by atoms with van der Waals surface area (Å²) < 4.78 is 40.0. The number of aryl methyl sites for hydroxylation is 2. The minimum atomic E-state index is -3.76. The summed E-state index contributed by atoms with van der Waals surface area (Å²) in [7, 11) is -3.76. The van der Waals surface area contributed by atoms with E-state index in [1.807, 2.05) is 0 Å². The van der Waals surface area contributed by atoms with Crippen molar-refractivity contribution in [1.82, 2.24) is 4.98 Å². The van der Waals surface area contributed by atoms with Crippen LogP contribution in [0.15, 0.2) is 45.7 Å².